The van der Waals surface area contributed by atoms with Crippen LogP contribution in [0.4, 0.5) is 0 Å². The number of fused-ring (bicyclic) bond motifs is 8. The average molecular weight is 602 g/mol. The van der Waals surface area contributed by atoms with Crippen molar-refractivity contribution < 1.29 is 0 Å². The van der Waals surface area contributed by atoms with Gasteiger partial charge in [-0.25, -0.2) is 0 Å². The molecule has 0 fully saturated rings. The van der Waals surface area contributed by atoms with Crippen molar-refractivity contribution in [2.45, 2.75) is 0 Å². The maximum atomic E-state index is 2.46. The van der Waals surface area contributed by atoms with Crippen LogP contribution in [0.5, 0.6) is 0 Å². The summed E-state index contributed by atoms with van der Waals surface area (Å²) in [6.45, 7) is 0. The van der Waals surface area contributed by atoms with E-state index in [1.165, 1.54) is 91.5 Å². The number of thiophene rings is 1. The fourth-order valence-electron chi connectivity index (χ4n) is 7.57. The molecule has 214 valence electrons. The Bertz CT molecular complexity index is 2740. The molecule has 2 aromatic heterocycles. The third-order valence-electron chi connectivity index (χ3n) is 9.56. The summed E-state index contributed by atoms with van der Waals surface area (Å²) in [6.07, 6.45) is 0. The van der Waals surface area contributed by atoms with Crippen LogP contribution >= 0.6 is 11.3 Å². The van der Waals surface area contributed by atoms with E-state index in [0.717, 1.165) is 0 Å². The van der Waals surface area contributed by atoms with E-state index in [-0.39, 0.29) is 0 Å². The fraction of sp³-hybridized carbons (Fsp3) is 0. The zero-order chi connectivity index (χ0) is 30.2. The molecule has 0 aliphatic heterocycles. The van der Waals surface area contributed by atoms with E-state index >= 15 is 0 Å². The van der Waals surface area contributed by atoms with E-state index in [4.69, 9.17) is 0 Å². The van der Waals surface area contributed by atoms with Gasteiger partial charge in [0.25, 0.3) is 0 Å². The molecule has 0 amide bonds. The fourth-order valence-corrected chi connectivity index (χ4v) is 8.82. The molecule has 8 aromatic carbocycles. The highest BCUT2D eigenvalue weighted by Gasteiger charge is 2.21. The number of hydrogen-bond donors (Lipinski definition) is 0. The standard InChI is InChI=1S/C44H27NS/c1-2-14-32(15-3-1)45-39-27-31(24-25-37(39)43-38-20-10-11-21-40(38)46-44(43)45)42-35-18-8-6-16-33(35)41(34-17-7-9-19-36(34)42)30-23-22-28-12-4-5-13-29(28)26-30/h1-27H. The third-order valence-corrected chi connectivity index (χ3v) is 10.7. The summed E-state index contributed by atoms with van der Waals surface area (Å²) < 4.78 is 3.79. The number of benzene rings is 8. The number of rotatable bonds is 3. The van der Waals surface area contributed by atoms with Gasteiger partial charge in [0.1, 0.15) is 4.83 Å². The smallest absolute Gasteiger partial charge is 0.109 e. The molecule has 46 heavy (non-hydrogen) atoms. The van der Waals surface area contributed by atoms with Crippen LogP contribution in [0.15, 0.2) is 164 Å². The largest absolute Gasteiger partial charge is 0.301 e. The minimum absolute atomic E-state index is 1.19. The Morgan fingerprint density at radius 2 is 0.935 bits per heavy atom. The molecule has 0 aliphatic rings. The quantitative estimate of drug-likeness (QED) is 0.178. The number of hydrogen-bond acceptors (Lipinski definition) is 1. The van der Waals surface area contributed by atoms with Crippen LogP contribution in [0.1, 0.15) is 0 Å². The van der Waals surface area contributed by atoms with Gasteiger partial charge in [-0.3, -0.25) is 0 Å². The molecule has 0 atom stereocenters. The SMILES string of the molecule is c1ccc(-n2c3cc(-c4c5ccccc5c(-c5ccc6ccccc6c5)c5ccccc45)ccc3c3c4ccccc4sc32)cc1. The molecular weight excluding hydrogens is 575 g/mol. The second kappa shape index (κ2) is 9.90. The Labute approximate surface area is 270 Å². The molecule has 2 heterocycles. The van der Waals surface area contributed by atoms with Crippen molar-refractivity contribution in [2.75, 3.05) is 0 Å². The summed E-state index contributed by atoms with van der Waals surface area (Å²) in [4.78, 5) is 1.29. The minimum Gasteiger partial charge on any atom is -0.301 e. The lowest BCUT2D eigenvalue weighted by atomic mass is 9.85. The van der Waals surface area contributed by atoms with Crippen molar-refractivity contribution in [1.29, 1.82) is 0 Å². The van der Waals surface area contributed by atoms with Gasteiger partial charge in [-0.2, -0.15) is 0 Å². The third kappa shape index (κ3) is 3.68. The summed E-state index contributed by atoms with van der Waals surface area (Å²) >= 11 is 1.88. The van der Waals surface area contributed by atoms with Crippen LogP contribution in [-0.4, -0.2) is 4.57 Å². The summed E-state index contributed by atoms with van der Waals surface area (Å²) in [5.41, 5.74) is 7.48. The van der Waals surface area contributed by atoms with E-state index in [9.17, 15) is 0 Å². The van der Waals surface area contributed by atoms with E-state index in [2.05, 4.69) is 168 Å². The van der Waals surface area contributed by atoms with Gasteiger partial charge < -0.3 is 4.57 Å². The molecule has 0 unspecified atom stereocenters. The van der Waals surface area contributed by atoms with Crippen LogP contribution in [0.2, 0.25) is 0 Å². The normalized spacial score (nSPS) is 11.9. The van der Waals surface area contributed by atoms with Gasteiger partial charge in [0.05, 0.1) is 5.52 Å². The summed E-state index contributed by atoms with van der Waals surface area (Å²) in [5.74, 6) is 0. The number of para-hydroxylation sites is 1. The van der Waals surface area contributed by atoms with E-state index in [0.29, 0.717) is 0 Å². The maximum absolute atomic E-state index is 2.46. The average Bonchev–Trinajstić information content (AvgIpc) is 3.64. The Hall–Kier alpha value is -5.70. The summed E-state index contributed by atoms with van der Waals surface area (Å²) in [5, 5.41) is 11.6. The molecular formula is C44H27NS. The molecule has 0 spiro atoms. The molecule has 10 rings (SSSR count). The van der Waals surface area contributed by atoms with Gasteiger partial charge in [0, 0.05) is 26.5 Å². The van der Waals surface area contributed by atoms with Gasteiger partial charge in [-0.15, -0.1) is 11.3 Å². The zero-order valence-corrected chi connectivity index (χ0v) is 25.8. The predicted molar refractivity (Wildman–Crippen MR) is 200 cm³/mol. The Morgan fingerprint density at radius 3 is 1.63 bits per heavy atom. The van der Waals surface area contributed by atoms with Crippen LogP contribution in [0.25, 0.3) is 91.5 Å². The van der Waals surface area contributed by atoms with Gasteiger partial charge in [-0.05, 0) is 84.9 Å². The lowest BCUT2D eigenvalue weighted by molar-refractivity contribution is 1.19. The van der Waals surface area contributed by atoms with Crippen LogP contribution in [-0.2, 0) is 0 Å². The first kappa shape index (κ1) is 25.6. The molecule has 0 saturated heterocycles. The van der Waals surface area contributed by atoms with Gasteiger partial charge in [0.15, 0.2) is 0 Å². The van der Waals surface area contributed by atoms with Crippen molar-refractivity contribution in [1.82, 2.24) is 4.57 Å². The van der Waals surface area contributed by atoms with Crippen molar-refractivity contribution in [3.05, 3.63) is 164 Å². The van der Waals surface area contributed by atoms with Gasteiger partial charge >= 0.3 is 0 Å². The monoisotopic (exact) mass is 601 g/mol. The molecule has 0 radical (unpaired) electrons. The highest BCUT2D eigenvalue weighted by Crippen LogP contribution is 2.47. The first-order valence-corrected chi connectivity index (χ1v) is 16.6. The topological polar surface area (TPSA) is 4.93 Å². The molecule has 2 heteroatoms. The van der Waals surface area contributed by atoms with E-state index < -0.39 is 0 Å². The number of nitrogens with zero attached hydrogens (tertiary/aromatic N) is 1. The van der Waals surface area contributed by atoms with E-state index in [1.54, 1.807) is 0 Å². The van der Waals surface area contributed by atoms with Crippen molar-refractivity contribution in [2.24, 2.45) is 0 Å². The maximum Gasteiger partial charge on any atom is 0.109 e. The highest BCUT2D eigenvalue weighted by atomic mass is 32.1. The van der Waals surface area contributed by atoms with Crippen LogP contribution in [0.3, 0.4) is 0 Å². The highest BCUT2D eigenvalue weighted by molar-refractivity contribution is 7.25. The van der Waals surface area contributed by atoms with Crippen LogP contribution < -0.4 is 0 Å². The second-order valence-corrected chi connectivity index (χ2v) is 13.1. The molecule has 10 aromatic rings. The van der Waals surface area contributed by atoms with E-state index in [1.807, 2.05) is 11.3 Å². The first-order valence-electron chi connectivity index (χ1n) is 15.8. The Kier molecular flexibility index (Phi) is 5.51. The molecule has 0 aliphatic carbocycles. The molecule has 0 bridgehead atoms. The number of aromatic nitrogens is 1. The Balaban J connectivity index is 1.31. The Morgan fingerprint density at radius 1 is 0.391 bits per heavy atom. The predicted octanol–water partition coefficient (Wildman–Crippen LogP) is 12.8. The molecule has 0 saturated carbocycles. The summed E-state index contributed by atoms with van der Waals surface area (Å²) in [7, 11) is 0. The van der Waals surface area contributed by atoms with Crippen molar-refractivity contribution >= 4 is 74.9 Å². The van der Waals surface area contributed by atoms with Crippen molar-refractivity contribution in [3.8, 4) is 27.9 Å². The zero-order valence-electron chi connectivity index (χ0n) is 24.9. The minimum atomic E-state index is 1.19. The summed E-state index contributed by atoms with van der Waals surface area (Å²) in [6, 6.07) is 60.1. The van der Waals surface area contributed by atoms with Crippen LogP contribution in [0, 0.1) is 0 Å². The molecule has 0 N–H and O–H groups in total. The van der Waals surface area contributed by atoms with Gasteiger partial charge in [-0.1, -0.05) is 133 Å². The van der Waals surface area contributed by atoms with Gasteiger partial charge in [0.2, 0.25) is 0 Å². The molecule has 1 nitrogen and oxygen atoms in total. The lowest BCUT2D eigenvalue weighted by Gasteiger charge is -2.18. The van der Waals surface area contributed by atoms with Crippen molar-refractivity contribution in [3.63, 3.8) is 0 Å². The first-order chi connectivity index (χ1) is 22.8. The second-order valence-electron chi connectivity index (χ2n) is 12.1. The lowest BCUT2D eigenvalue weighted by Crippen LogP contribution is -1.93.